The van der Waals surface area contributed by atoms with Gasteiger partial charge in [-0.05, 0) is 68.9 Å². The second kappa shape index (κ2) is 11.7. The number of piperidine rings is 1. The van der Waals surface area contributed by atoms with E-state index < -0.39 is 0 Å². The third-order valence-electron chi connectivity index (χ3n) is 5.22. The zero-order valence-corrected chi connectivity index (χ0v) is 17.6. The molecule has 0 radical (unpaired) electrons. The second-order valence-electron chi connectivity index (χ2n) is 7.84. The van der Waals surface area contributed by atoms with Crippen LogP contribution in [0.25, 0.3) is 0 Å². The van der Waals surface area contributed by atoms with E-state index in [1.807, 2.05) is 11.3 Å². The molecular weight excluding hydrogens is 356 g/mol. The van der Waals surface area contributed by atoms with Crippen molar-refractivity contribution in [2.45, 2.75) is 45.6 Å². The van der Waals surface area contributed by atoms with Gasteiger partial charge in [-0.15, -0.1) is 11.3 Å². The normalized spacial score (nSPS) is 21.4. The third-order valence-corrected chi connectivity index (χ3v) is 6.08. The molecule has 152 valence electrons. The summed E-state index contributed by atoms with van der Waals surface area (Å²) in [6.07, 6.45) is 6.34. The lowest BCUT2D eigenvalue weighted by atomic mass is 9.98. The largest absolute Gasteiger partial charge is 0.381 e. The summed E-state index contributed by atoms with van der Waals surface area (Å²) in [4.78, 5) is 8.91. The van der Waals surface area contributed by atoms with Crippen molar-refractivity contribution in [3.63, 3.8) is 0 Å². The topological polar surface area (TPSA) is 48.9 Å². The molecule has 2 heterocycles. The van der Waals surface area contributed by atoms with Crippen molar-refractivity contribution >= 4 is 17.3 Å². The molecule has 5 nitrogen and oxygen atoms in total. The fraction of sp³-hybridized carbons (Fsp3) is 0.762. The molecule has 0 spiro atoms. The molecule has 0 bridgehead atoms. The van der Waals surface area contributed by atoms with E-state index in [1.165, 1.54) is 37.1 Å². The number of thiophene rings is 1. The van der Waals surface area contributed by atoms with Gasteiger partial charge in [-0.1, -0.05) is 6.07 Å². The molecule has 1 unspecified atom stereocenters. The summed E-state index contributed by atoms with van der Waals surface area (Å²) in [5.74, 6) is 2.47. The first-order valence-electron chi connectivity index (χ1n) is 10.7. The lowest BCUT2D eigenvalue weighted by Gasteiger charge is -2.31. The molecular formula is C21H36N4OS. The highest BCUT2D eigenvalue weighted by atomic mass is 32.1. The van der Waals surface area contributed by atoms with E-state index >= 15 is 0 Å². The van der Waals surface area contributed by atoms with Crippen LogP contribution in [0, 0.1) is 11.8 Å². The molecule has 1 saturated carbocycles. The highest BCUT2D eigenvalue weighted by molar-refractivity contribution is 7.09. The Morgan fingerprint density at radius 1 is 1.30 bits per heavy atom. The molecule has 1 aliphatic heterocycles. The van der Waals surface area contributed by atoms with Crippen LogP contribution < -0.4 is 10.6 Å². The number of hydrogen-bond acceptors (Lipinski definition) is 4. The predicted molar refractivity (Wildman–Crippen MR) is 114 cm³/mol. The fourth-order valence-electron chi connectivity index (χ4n) is 3.54. The van der Waals surface area contributed by atoms with E-state index in [9.17, 15) is 0 Å². The predicted octanol–water partition coefficient (Wildman–Crippen LogP) is 3.33. The SMILES string of the molecule is CCNC(=NCC1CCCN(Cc2cccs2)C1)NCCCOCC1CC1. The molecule has 0 amide bonds. The summed E-state index contributed by atoms with van der Waals surface area (Å²) < 4.78 is 5.70. The van der Waals surface area contributed by atoms with E-state index in [4.69, 9.17) is 9.73 Å². The van der Waals surface area contributed by atoms with Gasteiger partial charge in [-0.3, -0.25) is 9.89 Å². The molecule has 3 rings (SSSR count). The van der Waals surface area contributed by atoms with E-state index in [-0.39, 0.29) is 0 Å². The standard InChI is InChI=1S/C21H36N4OS/c1-2-22-21(23-10-5-12-26-17-18-8-9-18)24-14-19-6-3-11-25(15-19)16-20-7-4-13-27-20/h4,7,13,18-19H,2-3,5-6,8-12,14-17H2,1H3,(H2,22,23,24). The van der Waals surface area contributed by atoms with Gasteiger partial charge >= 0.3 is 0 Å². The molecule has 1 aromatic rings. The maximum Gasteiger partial charge on any atom is 0.191 e. The number of likely N-dealkylation sites (tertiary alicyclic amines) is 1. The van der Waals surface area contributed by atoms with Gasteiger partial charge in [0.1, 0.15) is 0 Å². The van der Waals surface area contributed by atoms with Crippen LogP contribution in [-0.2, 0) is 11.3 Å². The van der Waals surface area contributed by atoms with Gasteiger partial charge in [0.15, 0.2) is 5.96 Å². The first-order valence-corrected chi connectivity index (χ1v) is 11.6. The van der Waals surface area contributed by atoms with Gasteiger partial charge in [0.25, 0.3) is 0 Å². The van der Waals surface area contributed by atoms with Gasteiger partial charge in [0, 0.05) is 50.8 Å². The van der Waals surface area contributed by atoms with Crippen LogP contribution in [0.15, 0.2) is 22.5 Å². The third kappa shape index (κ3) is 8.20. The summed E-state index contributed by atoms with van der Waals surface area (Å²) in [6, 6.07) is 4.39. The van der Waals surface area contributed by atoms with Gasteiger partial charge < -0.3 is 15.4 Å². The minimum atomic E-state index is 0.663. The average Bonchev–Trinajstić information content (AvgIpc) is 3.37. The quantitative estimate of drug-likeness (QED) is 0.345. The summed E-state index contributed by atoms with van der Waals surface area (Å²) in [6.45, 7) is 10.1. The number of nitrogens with one attached hydrogen (secondary N) is 2. The van der Waals surface area contributed by atoms with Crippen molar-refractivity contribution in [1.82, 2.24) is 15.5 Å². The Bertz CT molecular complexity index is 544. The summed E-state index contributed by atoms with van der Waals surface area (Å²) >= 11 is 1.86. The Morgan fingerprint density at radius 2 is 2.22 bits per heavy atom. The van der Waals surface area contributed by atoms with Gasteiger partial charge in [0.05, 0.1) is 0 Å². The highest BCUT2D eigenvalue weighted by Gasteiger charge is 2.21. The molecule has 2 aliphatic rings. The van der Waals surface area contributed by atoms with E-state index in [0.29, 0.717) is 5.92 Å². The van der Waals surface area contributed by atoms with Crippen LogP contribution in [0.2, 0.25) is 0 Å². The number of hydrogen-bond donors (Lipinski definition) is 2. The first-order chi connectivity index (χ1) is 13.3. The van der Waals surface area contributed by atoms with E-state index in [1.54, 1.807) is 0 Å². The maximum atomic E-state index is 5.70. The molecule has 1 atom stereocenters. The Hall–Kier alpha value is -1.11. The van der Waals surface area contributed by atoms with Crippen LogP contribution in [-0.4, -0.2) is 56.8 Å². The Kier molecular flexibility index (Phi) is 8.91. The van der Waals surface area contributed by atoms with E-state index in [2.05, 4.69) is 40.0 Å². The zero-order valence-electron chi connectivity index (χ0n) is 16.8. The zero-order chi connectivity index (χ0) is 18.7. The molecule has 1 saturated heterocycles. The second-order valence-corrected chi connectivity index (χ2v) is 8.87. The minimum Gasteiger partial charge on any atom is -0.381 e. The smallest absolute Gasteiger partial charge is 0.191 e. The molecule has 2 fully saturated rings. The van der Waals surface area contributed by atoms with Crippen LogP contribution in [0.5, 0.6) is 0 Å². The lowest BCUT2D eigenvalue weighted by molar-refractivity contribution is 0.123. The number of aliphatic imine (C=N–C) groups is 1. The van der Waals surface area contributed by atoms with Crippen molar-refractivity contribution in [2.75, 3.05) is 45.9 Å². The monoisotopic (exact) mass is 392 g/mol. The van der Waals surface area contributed by atoms with Crippen LogP contribution in [0.4, 0.5) is 0 Å². The summed E-state index contributed by atoms with van der Waals surface area (Å²) in [7, 11) is 0. The molecule has 1 aromatic heterocycles. The Balaban J connectivity index is 1.34. The Labute approximate surface area is 168 Å². The van der Waals surface area contributed by atoms with Crippen LogP contribution in [0.3, 0.4) is 0 Å². The Morgan fingerprint density at radius 3 is 3.00 bits per heavy atom. The minimum absolute atomic E-state index is 0.663. The van der Waals surface area contributed by atoms with Crippen molar-refractivity contribution < 1.29 is 4.74 Å². The first kappa shape index (κ1) is 20.6. The van der Waals surface area contributed by atoms with Gasteiger partial charge in [-0.25, -0.2) is 0 Å². The fourth-order valence-corrected chi connectivity index (χ4v) is 4.29. The highest BCUT2D eigenvalue weighted by Crippen LogP contribution is 2.28. The molecule has 6 heteroatoms. The number of ether oxygens (including phenoxy) is 1. The van der Waals surface area contributed by atoms with Gasteiger partial charge in [0.2, 0.25) is 0 Å². The lowest BCUT2D eigenvalue weighted by Crippen LogP contribution is -2.40. The van der Waals surface area contributed by atoms with Crippen molar-refractivity contribution in [2.24, 2.45) is 16.8 Å². The number of rotatable bonds is 11. The summed E-state index contributed by atoms with van der Waals surface area (Å²) in [5.41, 5.74) is 0. The van der Waals surface area contributed by atoms with E-state index in [0.717, 1.165) is 64.2 Å². The molecule has 27 heavy (non-hydrogen) atoms. The molecule has 0 aromatic carbocycles. The van der Waals surface area contributed by atoms with Gasteiger partial charge in [-0.2, -0.15) is 0 Å². The van der Waals surface area contributed by atoms with Crippen molar-refractivity contribution in [3.05, 3.63) is 22.4 Å². The number of guanidine groups is 1. The molecule has 1 aliphatic carbocycles. The average molecular weight is 393 g/mol. The number of nitrogens with zero attached hydrogens (tertiary/aromatic N) is 2. The van der Waals surface area contributed by atoms with Crippen LogP contribution in [0.1, 0.15) is 43.9 Å². The van der Waals surface area contributed by atoms with Crippen molar-refractivity contribution in [1.29, 1.82) is 0 Å². The maximum absolute atomic E-state index is 5.70. The molecule has 2 N–H and O–H groups in total. The van der Waals surface area contributed by atoms with Crippen LogP contribution >= 0.6 is 11.3 Å². The van der Waals surface area contributed by atoms with Crippen molar-refractivity contribution in [3.8, 4) is 0 Å². The summed E-state index contributed by atoms with van der Waals surface area (Å²) in [5, 5.41) is 9.01.